The van der Waals surface area contributed by atoms with Gasteiger partial charge in [-0.25, -0.2) is 0 Å². The van der Waals surface area contributed by atoms with E-state index in [1.165, 1.54) is 0 Å². The number of carbonyl (C=O) groups is 2. The van der Waals surface area contributed by atoms with Crippen molar-refractivity contribution in [1.82, 2.24) is 4.90 Å². The Balaban J connectivity index is 1.42. The van der Waals surface area contributed by atoms with E-state index in [-0.39, 0.29) is 35.2 Å². The maximum absolute atomic E-state index is 13.1. The van der Waals surface area contributed by atoms with Crippen molar-refractivity contribution in [3.63, 3.8) is 0 Å². The third-order valence-corrected chi connectivity index (χ3v) is 7.48. The third kappa shape index (κ3) is 1.76. The highest BCUT2D eigenvalue weighted by molar-refractivity contribution is 5.88. The number of amides is 1. The molecule has 1 heterocycles. The monoisotopic (exact) mass is 313 g/mol. The first-order chi connectivity index (χ1) is 11.0. The summed E-state index contributed by atoms with van der Waals surface area (Å²) in [5.41, 5.74) is 6.34. The van der Waals surface area contributed by atoms with E-state index in [0.717, 1.165) is 44.9 Å². The van der Waals surface area contributed by atoms with Gasteiger partial charge in [-0.1, -0.05) is 0 Å². The van der Waals surface area contributed by atoms with Gasteiger partial charge in [-0.15, -0.1) is 0 Å². The lowest BCUT2D eigenvalue weighted by molar-refractivity contribution is -0.156. The van der Waals surface area contributed by atoms with Gasteiger partial charge in [0.05, 0.1) is 12.1 Å². The van der Waals surface area contributed by atoms with Gasteiger partial charge in [0.2, 0.25) is 5.91 Å². The number of hydrogen-bond acceptors (Lipinski definition) is 4. The Bertz CT molecular complexity index is 621. The average Bonchev–Trinajstić information content (AvgIpc) is 3.20. The first-order valence-electron chi connectivity index (χ1n) is 9.03. The molecule has 5 aliphatic carbocycles. The molecule has 6 rings (SSSR count). The van der Waals surface area contributed by atoms with Gasteiger partial charge in [0.25, 0.3) is 0 Å². The number of ketones is 1. The van der Waals surface area contributed by atoms with E-state index in [0.29, 0.717) is 17.6 Å². The molecule has 0 aromatic carbocycles. The molecule has 5 saturated carbocycles. The summed E-state index contributed by atoms with van der Waals surface area (Å²) in [6.45, 7) is 0. The van der Waals surface area contributed by atoms with E-state index in [2.05, 4.69) is 6.07 Å². The highest BCUT2D eigenvalue weighted by Crippen LogP contribution is 2.60. The molecule has 23 heavy (non-hydrogen) atoms. The molecule has 6 atom stereocenters. The van der Waals surface area contributed by atoms with Crippen LogP contribution in [0.15, 0.2) is 0 Å². The van der Waals surface area contributed by atoms with Gasteiger partial charge in [0.1, 0.15) is 11.8 Å². The van der Waals surface area contributed by atoms with Crippen LogP contribution in [0.25, 0.3) is 0 Å². The first-order valence-corrected chi connectivity index (χ1v) is 9.03. The third-order valence-electron chi connectivity index (χ3n) is 7.48. The number of rotatable bonds is 2. The number of nitriles is 1. The molecule has 5 nitrogen and oxygen atoms in total. The number of hydrogen-bond donors (Lipinski definition) is 1. The lowest BCUT2D eigenvalue weighted by Gasteiger charge is -2.57. The summed E-state index contributed by atoms with van der Waals surface area (Å²) in [4.78, 5) is 27.3. The predicted octanol–water partition coefficient (Wildman–Crippen LogP) is 1.22. The standard InChI is InChI=1S/C18H23N3O2/c19-8-13-3-10-4-14(10)21(13)17(23)16(20)18-5-9-1-11(6-18)15(22)12(2-9)7-18/h9-14,16H,1-7,20H2/t9?,10-,11?,12?,13+,14+,16-,18?/m1/s1. The molecular formula is C18H23N3O2. The molecule has 122 valence electrons. The summed E-state index contributed by atoms with van der Waals surface area (Å²) in [5.74, 6) is 1.78. The van der Waals surface area contributed by atoms with E-state index in [4.69, 9.17) is 5.73 Å². The molecule has 0 radical (unpaired) electrons. The fourth-order valence-corrected chi connectivity index (χ4v) is 6.50. The van der Waals surface area contributed by atoms with Gasteiger partial charge in [0, 0.05) is 17.9 Å². The molecule has 4 bridgehead atoms. The minimum Gasteiger partial charge on any atom is -0.322 e. The first kappa shape index (κ1) is 14.0. The lowest BCUT2D eigenvalue weighted by atomic mass is 9.47. The zero-order valence-electron chi connectivity index (χ0n) is 13.3. The summed E-state index contributed by atoms with van der Waals surface area (Å²) in [5, 5.41) is 9.34. The molecule has 0 spiro atoms. The number of carbonyl (C=O) groups excluding carboxylic acids is 2. The van der Waals surface area contributed by atoms with Crippen LogP contribution < -0.4 is 5.73 Å². The fourth-order valence-electron chi connectivity index (χ4n) is 6.50. The maximum Gasteiger partial charge on any atom is 0.241 e. The van der Waals surface area contributed by atoms with E-state index in [9.17, 15) is 14.9 Å². The van der Waals surface area contributed by atoms with Crippen molar-refractivity contribution in [3.05, 3.63) is 0 Å². The Kier molecular flexibility index (Phi) is 2.65. The summed E-state index contributed by atoms with van der Waals surface area (Å²) >= 11 is 0. The second kappa shape index (κ2) is 4.36. The molecule has 6 aliphatic rings. The van der Waals surface area contributed by atoms with Gasteiger partial charge in [0.15, 0.2) is 0 Å². The van der Waals surface area contributed by atoms with Crippen molar-refractivity contribution >= 4 is 11.7 Å². The van der Waals surface area contributed by atoms with Crippen LogP contribution >= 0.6 is 0 Å². The van der Waals surface area contributed by atoms with E-state index in [1.807, 2.05) is 0 Å². The second-order valence-corrected chi connectivity index (χ2v) is 8.78. The quantitative estimate of drug-likeness (QED) is 0.830. The molecule has 1 saturated heterocycles. The van der Waals surface area contributed by atoms with E-state index < -0.39 is 6.04 Å². The largest absolute Gasteiger partial charge is 0.322 e. The normalized spacial score (nSPS) is 50.6. The summed E-state index contributed by atoms with van der Waals surface area (Å²) in [7, 11) is 0. The number of nitrogens with two attached hydrogens (primary N) is 1. The Labute approximate surface area is 136 Å². The topological polar surface area (TPSA) is 87.2 Å². The van der Waals surface area contributed by atoms with Crippen molar-refractivity contribution < 1.29 is 9.59 Å². The van der Waals surface area contributed by atoms with Crippen LogP contribution in [0.2, 0.25) is 0 Å². The SMILES string of the molecule is N#C[C@@H]1C[C@@H]2C[C@@H]2N1C(=O)[C@@H](N)C12CC3CC(C1)C(=O)C(C3)C2. The van der Waals surface area contributed by atoms with Gasteiger partial charge in [-0.2, -0.15) is 5.26 Å². The average molecular weight is 313 g/mol. The van der Waals surface area contributed by atoms with Crippen LogP contribution in [0.4, 0.5) is 0 Å². The van der Waals surface area contributed by atoms with Crippen LogP contribution in [-0.2, 0) is 9.59 Å². The van der Waals surface area contributed by atoms with Crippen molar-refractivity contribution in [1.29, 1.82) is 5.26 Å². The van der Waals surface area contributed by atoms with Crippen molar-refractivity contribution in [3.8, 4) is 6.07 Å². The Hall–Kier alpha value is -1.41. The zero-order valence-corrected chi connectivity index (χ0v) is 13.3. The highest BCUT2D eigenvalue weighted by Gasteiger charge is 2.61. The van der Waals surface area contributed by atoms with Crippen LogP contribution in [0.5, 0.6) is 0 Å². The smallest absolute Gasteiger partial charge is 0.241 e. The summed E-state index contributed by atoms with van der Waals surface area (Å²) in [6, 6.07) is 1.73. The fraction of sp³-hybridized carbons (Fsp3) is 0.833. The number of fused-ring (bicyclic) bond motifs is 1. The molecule has 2 unspecified atom stereocenters. The van der Waals surface area contributed by atoms with Gasteiger partial charge in [-0.05, 0) is 62.2 Å². The van der Waals surface area contributed by atoms with Crippen molar-refractivity contribution in [2.45, 2.75) is 63.1 Å². The molecule has 1 amide bonds. The van der Waals surface area contributed by atoms with Crippen LogP contribution in [0.3, 0.4) is 0 Å². The lowest BCUT2D eigenvalue weighted by Crippen LogP contribution is -2.62. The maximum atomic E-state index is 13.1. The van der Waals surface area contributed by atoms with E-state index in [1.54, 1.807) is 4.90 Å². The molecule has 5 heteroatoms. The van der Waals surface area contributed by atoms with Crippen LogP contribution in [0, 0.1) is 40.4 Å². The van der Waals surface area contributed by atoms with Crippen molar-refractivity contribution in [2.75, 3.05) is 0 Å². The minimum atomic E-state index is -0.529. The predicted molar refractivity (Wildman–Crippen MR) is 81.7 cm³/mol. The summed E-state index contributed by atoms with van der Waals surface area (Å²) < 4.78 is 0. The Morgan fingerprint density at radius 1 is 1.22 bits per heavy atom. The van der Waals surface area contributed by atoms with Crippen molar-refractivity contribution in [2.24, 2.45) is 34.8 Å². The second-order valence-electron chi connectivity index (χ2n) is 8.78. The van der Waals surface area contributed by atoms with Crippen LogP contribution in [0.1, 0.15) is 44.9 Å². The van der Waals surface area contributed by atoms with Gasteiger partial charge in [-0.3, -0.25) is 9.59 Å². The summed E-state index contributed by atoms with van der Waals surface area (Å²) in [6.07, 6.45) is 6.46. The van der Waals surface area contributed by atoms with Crippen LogP contribution in [-0.4, -0.2) is 34.7 Å². The molecule has 6 fully saturated rings. The minimum absolute atomic E-state index is 0.0176. The number of Topliss-reactive ketones (excluding diaryl/α,β-unsaturated/α-hetero) is 1. The van der Waals surface area contributed by atoms with Gasteiger partial charge >= 0.3 is 0 Å². The molecule has 0 aromatic rings. The highest BCUT2D eigenvalue weighted by atomic mass is 16.2. The van der Waals surface area contributed by atoms with E-state index >= 15 is 0 Å². The molecular weight excluding hydrogens is 290 g/mol. The number of likely N-dealkylation sites (tertiary alicyclic amines) is 1. The number of nitrogens with zero attached hydrogens (tertiary/aromatic N) is 2. The molecule has 2 N–H and O–H groups in total. The Morgan fingerprint density at radius 2 is 1.91 bits per heavy atom. The molecule has 1 aliphatic heterocycles. The number of piperidine rings is 1. The zero-order chi connectivity index (χ0) is 15.9. The molecule has 0 aromatic heterocycles. The Morgan fingerprint density at radius 3 is 2.57 bits per heavy atom. The van der Waals surface area contributed by atoms with Gasteiger partial charge < -0.3 is 10.6 Å².